The predicted molar refractivity (Wildman–Crippen MR) is 103 cm³/mol. The first kappa shape index (κ1) is 20.7. The lowest BCUT2D eigenvalue weighted by atomic mass is 9.97. The minimum Gasteiger partial charge on any atom is -0.389 e. The molecule has 1 rings (SSSR count). The summed E-state index contributed by atoms with van der Waals surface area (Å²) in [6.45, 7) is 10.6. The van der Waals surface area contributed by atoms with Gasteiger partial charge in [0.05, 0.1) is 12.2 Å². The minimum atomic E-state index is -0.630. The topological polar surface area (TPSA) is 40.5 Å². The molecule has 0 fully saturated rings. The largest absolute Gasteiger partial charge is 0.389 e. The van der Waals surface area contributed by atoms with Crippen molar-refractivity contribution in [3.8, 4) is 0 Å². The minimum absolute atomic E-state index is 0.337. The van der Waals surface area contributed by atoms with Crippen LogP contribution in [0.1, 0.15) is 71.1 Å². The van der Waals surface area contributed by atoms with Crippen molar-refractivity contribution in [2.75, 3.05) is 0 Å². The Balaban J connectivity index is 2.53. The number of allylic oxidation sites excluding steroid dienone is 3. The number of aliphatic hydroxyl groups excluding tert-OH is 2. The standard InChI is InChI=1S/C22H34O2/c1-16(2)7-6-8-18(5)14-21(23)15-22(24)20-11-9-19(10-12-20)13-17(3)4/h7,9-12,14,17,21-24H,6,8,13,15H2,1-5H3/b18-14+. The van der Waals surface area contributed by atoms with Gasteiger partial charge in [0.25, 0.3) is 0 Å². The fourth-order valence-corrected chi connectivity index (χ4v) is 2.78. The second kappa shape index (κ2) is 10.5. The molecule has 1 aromatic rings. The molecule has 0 radical (unpaired) electrons. The summed E-state index contributed by atoms with van der Waals surface area (Å²) in [7, 11) is 0. The zero-order chi connectivity index (χ0) is 18.1. The smallest absolute Gasteiger partial charge is 0.0817 e. The van der Waals surface area contributed by atoms with Crippen LogP contribution in [0.5, 0.6) is 0 Å². The molecule has 134 valence electrons. The maximum Gasteiger partial charge on any atom is 0.0817 e. The number of aliphatic hydroxyl groups is 2. The van der Waals surface area contributed by atoms with Crippen LogP contribution in [0.4, 0.5) is 0 Å². The first-order valence-electron chi connectivity index (χ1n) is 9.03. The lowest BCUT2D eigenvalue weighted by molar-refractivity contribution is 0.104. The summed E-state index contributed by atoms with van der Waals surface area (Å²) in [4.78, 5) is 0. The van der Waals surface area contributed by atoms with Crippen LogP contribution in [0.2, 0.25) is 0 Å². The highest BCUT2D eigenvalue weighted by atomic mass is 16.3. The average molecular weight is 331 g/mol. The van der Waals surface area contributed by atoms with Gasteiger partial charge < -0.3 is 10.2 Å². The Morgan fingerprint density at radius 3 is 2.21 bits per heavy atom. The van der Waals surface area contributed by atoms with Gasteiger partial charge in [0.1, 0.15) is 0 Å². The molecule has 0 bridgehead atoms. The molecule has 0 heterocycles. The van der Waals surface area contributed by atoms with Crippen molar-refractivity contribution < 1.29 is 10.2 Å². The summed E-state index contributed by atoms with van der Waals surface area (Å²) in [6, 6.07) is 8.10. The molecule has 2 heteroatoms. The van der Waals surface area contributed by atoms with Crippen molar-refractivity contribution in [3.05, 3.63) is 58.7 Å². The molecule has 0 amide bonds. The Labute approximate surface area is 147 Å². The Kier molecular flexibility index (Phi) is 9.02. The van der Waals surface area contributed by atoms with Gasteiger partial charge in [-0.25, -0.2) is 0 Å². The monoisotopic (exact) mass is 330 g/mol. The van der Waals surface area contributed by atoms with Crippen molar-refractivity contribution in [1.82, 2.24) is 0 Å². The Morgan fingerprint density at radius 2 is 1.67 bits per heavy atom. The molecule has 24 heavy (non-hydrogen) atoms. The summed E-state index contributed by atoms with van der Waals surface area (Å²) < 4.78 is 0. The van der Waals surface area contributed by atoms with Crippen molar-refractivity contribution in [1.29, 1.82) is 0 Å². The van der Waals surface area contributed by atoms with E-state index in [2.05, 4.69) is 45.9 Å². The van der Waals surface area contributed by atoms with Gasteiger partial charge in [-0.15, -0.1) is 0 Å². The number of hydrogen-bond donors (Lipinski definition) is 2. The van der Waals surface area contributed by atoms with E-state index < -0.39 is 12.2 Å². The number of benzene rings is 1. The van der Waals surface area contributed by atoms with Gasteiger partial charge in [-0.2, -0.15) is 0 Å². The van der Waals surface area contributed by atoms with Crippen LogP contribution in [-0.4, -0.2) is 16.3 Å². The van der Waals surface area contributed by atoms with E-state index in [-0.39, 0.29) is 0 Å². The van der Waals surface area contributed by atoms with Crippen LogP contribution in [0.25, 0.3) is 0 Å². The van der Waals surface area contributed by atoms with E-state index in [1.807, 2.05) is 25.1 Å². The quantitative estimate of drug-likeness (QED) is 0.598. The Hall–Kier alpha value is -1.38. The molecule has 0 saturated carbocycles. The second-order valence-electron chi connectivity index (χ2n) is 7.49. The van der Waals surface area contributed by atoms with E-state index >= 15 is 0 Å². The summed E-state index contributed by atoms with van der Waals surface area (Å²) in [5.41, 5.74) is 4.65. The van der Waals surface area contributed by atoms with Crippen molar-refractivity contribution in [2.45, 2.75) is 72.5 Å². The Morgan fingerprint density at radius 1 is 1.04 bits per heavy atom. The van der Waals surface area contributed by atoms with Crippen LogP contribution in [0.15, 0.2) is 47.6 Å². The lowest BCUT2D eigenvalue weighted by Gasteiger charge is -2.15. The molecular formula is C22H34O2. The summed E-state index contributed by atoms with van der Waals surface area (Å²) in [5.74, 6) is 0.627. The number of rotatable bonds is 9. The first-order chi connectivity index (χ1) is 11.3. The van der Waals surface area contributed by atoms with E-state index in [1.165, 1.54) is 16.7 Å². The molecule has 0 aromatic heterocycles. The molecule has 0 aliphatic rings. The highest BCUT2D eigenvalue weighted by molar-refractivity contribution is 5.24. The van der Waals surface area contributed by atoms with Crippen molar-refractivity contribution in [2.24, 2.45) is 5.92 Å². The second-order valence-corrected chi connectivity index (χ2v) is 7.49. The van der Waals surface area contributed by atoms with Crippen LogP contribution >= 0.6 is 0 Å². The van der Waals surface area contributed by atoms with Gasteiger partial charge >= 0.3 is 0 Å². The highest BCUT2D eigenvalue weighted by Crippen LogP contribution is 2.21. The van der Waals surface area contributed by atoms with Crippen LogP contribution in [-0.2, 0) is 6.42 Å². The summed E-state index contributed by atoms with van der Waals surface area (Å²) in [6.07, 6.45) is 6.17. The fraction of sp³-hybridized carbons (Fsp3) is 0.545. The summed E-state index contributed by atoms with van der Waals surface area (Å²) >= 11 is 0. The molecule has 2 nitrogen and oxygen atoms in total. The molecule has 0 saturated heterocycles. The Bertz CT molecular complexity index is 534. The fourth-order valence-electron chi connectivity index (χ4n) is 2.78. The molecule has 2 unspecified atom stereocenters. The van der Waals surface area contributed by atoms with Crippen molar-refractivity contribution in [3.63, 3.8) is 0 Å². The van der Waals surface area contributed by atoms with Crippen molar-refractivity contribution >= 4 is 0 Å². The number of hydrogen-bond acceptors (Lipinski definition) is 2. The van der Waals surface area contributed by atoms with Gasteiger partial charge in [-0.3, -0.25) is 0 Å². The van der Waals surface area contributed by atoms with E-state index in [1.54, 1.807) is 0 Å². The molecule has 0 aliphatic heterocycles. The normalized spacial score (nSPS) is 14.6. The third-order valence-electron chi connectivity index (χ3n) is 4.04. The maximum atomic E-state index is 10.3. The van der Waals surface area contributed by atoms with Gasteiger partial charge in [0.2, 0.25) is 0 Å². The van der Waals surface area contributed by atoms with E-state index in [0.29, 0.717) is 12.3 Å². The van der Waals surface area contributed by atoms with E-state index in [9.17, 15) is 10.2 Å². The molecule has 2 N–H and O–H groups in total. The lowest BCUT2D eigenvalue weighted by Crippen LogP contribution is -2.10. The zero-order valence-electron chi connectivity index (χ0n) is 15.9. The molecule has 0 aliphatic carbocycles. The van der Waals surface area contributed by atoms with Gasteiger partial charge in [-0.05, 0) is 57.1 Å². The van der Waals surface area contributed by atoms with Crippen LogP contribution in [0, 0.1) is 5.92 Å². The third kappa shape index (κ3) is 8.47. The third-order valence-corrected chi connectivity index (χ3v) is 4.04. The van der Waals surface area contributed by atoms with E-state index in [0.717, 1.165) is 24.8 Å². The summed E-state index contributed by atoms with van der Waals surface area (Å²) in [5, 5.41) is 20.5. The molecular weight excluding hydrogens is 296 g/mol. The van der Waals surface area contributed by atoms with Crippen LogP contribution < -0.4 is 0 Å². The molecule has 0 spiro atoms. The highest BCUT2D eigenvalue weighted by Gasteiger charge is 2.12. The zero-order valence-corrected chi connectivity index (χ0v) is 15.9. The molecule has 1 aromatic carbocycles. The average Bonchev–Trinajstić information content (AvgIpc) is 2.46. The SMILES string of the molecule is CC(C)=CCC/C(C)=C/C(O)CC(O)c1ccc(CC(C)C)cc1. The van der Waals surface area contributed by atoms with Gasteiger partial charge in [-0.1, -0.05) is 61.4 Å². The van der Waals surface area contributed by atoms with E-state index in [4.69, 9.17) is 0 Å². The molecule has 2 atom stereocenters. The van der Waals surface area contributed by atoms with Crippen LogP contribution in [0.3, 0.4) is 0 Å². The van der Waals surface area contributed by atoms with Gasteiger partial charge in [0.15, 0.2) is 0 Å². The maximum absolute atomic E-state index is 10.3. The van der Waals surface area contributed by atoms with Gasteiger partial charge in [0, 0.05) is 6.42 Å². The predicted octanol–water partition coefficient (Wildman–Crippen LogP) is 5.36. The first-order valence-corrected chi connectivity index (χ1v) is 9.03.